The number of fused-ring (bicyclic) bond motifs is 1. The Kier molecular flexibility index (Phi) is 4.07. The second-order valence-electron chi connectivity index (χ2n) is 5.35. The lowest BCUT2D eigenvalue weighted by Crippen LogP contribution is -2.24. The maximum Gasteiger partial charge on any atom is 0.252 e. The molecule has 0 radical (unpaired) electrons. The highest BCUT2D eigenvalue weighted by atomic mass is 35.5. The van der Waals surface area contributed by atoms with Crippen LogP contribution in [0.5, 0.6) is 0 Å². The summed E-state index contributed by atoms with van der Waals surface area (Å²) in [6, 6.07) is 10.7. The first-order valence-corrected chi connectivity index (χ1v) is 7.48. The van der Waals surface area contributed by atoms with Crippen LogP contribution in [0.25, 0.3) is 22.6 Å². The Hall–Kier alpha value is -2.37. The summed E-state index contributed by atoms with van der Waals surface area (Å²) in [7, 11) is 0. The van der Waals surface area contributed by atoms with E-state index in [4.69, 9.17) is 16.0 Å². The molecule has 1 heterocycles. The molecule has 6 heteroatoms. The van der Waals surface area contributed by atoms with Crippen molar-refractivity contribution in [2.45, 2.75) is 20.0 Å². The van der Waals surface area contributed by atoms with Crippen LogP contribution in [-0.2, 0) is 4.79 Å². The lowest BCUT2D eigenvalue weighted by atomic mass is 10.1. The molecule has 5 nitrogen and oxygen atoms in total. The minimum Gasteiger partial charge on any atom is -0.436 e. The molecule has 2 aromatic carbocycles. The minimum absolute atomic E-state index is 0.381. The lowest BCUT2D eigenvalue weighted by molar-refractivity contribution is -0.123. The topological polar surface area (TPSA) is 75.4 Å². The molecule has 0 bridgehead atoms. The number of amides is 1. The number of aliphatic hydroxyl groups excluding tert-OH is 1. The van der Waals surface area contributed by atoms with Crippen molar-refractivity contribution in [1.82, 2.24) is 4.98 Å². The normalized spacial score (nSPS) is 12.3. The number of anilines is 1. The Morgan fingerprint density at radius 3 is 2.83 bits per heavy atom. The van der Waals surface area contributed by atoms with Crippen molar-refractivity contribution in [1.29, 1.82) is 0 Å². The number of aromatic nitrogens is 1. The molecule has 0 spiro atoms. The number of aliphatic hydroxyl groups is 1. The summed E-state index contributed by atoms with van der Waals surface area (Å²) >= 11 is 5.96. The molecule has 0 aliphatic heterocycles. The molecule has 1 aromatic heterocycles. The summed E-state index contributed by atoms with van der Waals surface area (Å²) in [6.07, 6.45) is -1.11. The van der Waals surface area contributed by atoms with Crippen LogP contribution in [0.15, 0.2) is 40.8 Å². The third kappa shape index (κ3) is 3.21. The maximum absolute atomic E-state index is 11.8. The second kappa shape index (κ2) is 6.02. The molecule has 118 valence electrons. The third-order valence-electron chi connectivity index (χ3n) is 3.39. The van der Waals surface area contributed by atoms with Gasteiger partial charge in [-0.25, -0.2) is 4.98 Å². The number of benzene rings is 2. The summed E-state index contributed by atoms with van der Waals surface area (Å²) < 4.78 is 5.76. The van der Waals surface area contributed by atoms with E-state index in [1.165, 1.54) is 6.92 Å². The molecule has 23 heavy (non-hydrogen) atoms. The predicted molar refractivity (Wildman–Crippen MR) is 89.5 cm³/mol. The Balaban J connectivity index is 2.09. The van der Waals surface area contributed by atoms with Crippen molar-refractivity contribution in [3.05, 3.63) is 47.0 Å². The molecule has 0 saturated carbocycles. The van der Waals surface area contributed by atoms with E-state index in [1.807, 2.05) is 19.1 Å². The number of carbonyl (C=O) groups excluding carboxylic acids is 1. The molecule has 1 unspecified atom stereocenters. The Bertz CT molecular complexity index is 887. The van der Waals surface area contributed by atoms with Gasteiger partial charge in [-0.3, -0.25) is 4.79 Å². The van der Waals surface area contributed by atoms with Gasteiger partial charge in [-0.05, 0) is 38.1 Å². The number of halogens is 1. The van der Waals surface area contributed by atoms with E-state index in [2.05, 4.69) is 10.3 Å². The highest BCUT2D eigenvalue weighted by Gasteiger charge is 2.16. The standard InChI is InChI=1S/C17H15ClN2O3/c1-9-3-5-13(19-16(22)10(2)21)12(7-9)17-20-14-6-4-11(18)8-15(14)23-17/h3-8,10,21H,1-2H3,(H,19,22). The van der Waals surface area contributed by atoms with Gasteiger partial charge >= 0.3 is 0 Å². The summed E-state index contributed by atoms with van der Waals surface area (Å²) in [6.45, 7) is 3.34. The first kappa shape index (κ1) is 15.5. The van der Waals surface area contributed by atoms with Gasteiger partial charge in [-0.15, -0.1) is 0 Å². The molecule has 3 aromatic rings. The highest BCUT2D eigenvalue weighted by Crippen LogP contribution is 2.32. The smallest absolute Gasteiger partial charge is 0.252 e. The van der Waals surface area contributed by atoms with E-state index in [0.29, 0.717) is 33.3 Å². The minimum atomic E-state index is -1.11. The Morgan fingerprint density at radius 2 is 2.09 bits per heavy atom. The predicted octanol–water partition coefficient (Wildman–Crippen LogP) is 3.78. The molecular weight excluding hydrogens is 316 g/mol. The average molecular weight is 331 g/mol. The van der Waals surface area contributed by atoms with Crippen molar-refractivity contribution < 1.29 is 14.3 Å². The van der Waals surface area contributed by atoms with E-state index in [9.17, 15) is 9.90 Å². The van der Waals surface area contributed by atoms with E-state index in [0.717, 1.165) is 5.56 Å². The molecule has 0 saturated heterocycles. The van der Waals surface area contributed by atoms with Crippen molar-refractivity contribution in [2.75, 3.05) is 5.32 Å². The number of rotatable bonds is 3. The van der Waals surface area contributed by atoms with Gasteiger partial charge in [0.1, 0.15) is 11.6 Å². The van der Waals surface area contributed by atoms with Gasteiger partial charge < -0.3 is 14.8 Å². The van der Waals surface area contributed by atoms with Crippen LogP contribution in [0.2, 0.25) is 5.02 Å². The van der Waals surface area contributed by atoms with Crippen molar-refractivity contribution in [2.24, 2.45) is 0 Å². The number of oxazole rings is 1. The Labute approximate surface area is 137 Å². The third-order valence-corrected chi connectivity index (χ3v) is 3.63. The van der Waals surface area contributed by atoms with Crippen molar-refractivity contribution in [3.63, 3.8) is 0 Å². The number of aryl methyl sites for hydroxylation is 1. The van der Waals surface area contributed by atoms with Crippen LogP contribution < -0.4 is 5.32 Å². The number of carbonyl (C=O) groups is 1. The Morgan fingerprint density at radius 1 is 1.30 bits per heavy atom. The number of hydrogen-bond donors (Lipinski definition) is 2. The second-order valence-corrected chi connectivity index (χ2v) is 5.78. The number of nitrogens with one attached hydrogen (secondary N) is 1. The molecule has 1 amide bonds. The van der Waals surface area contributed by atoms with Crippen LogP contribution in [0.4, 0.5) is 5.69 Å². The highest BCUT2D eigenvalue weighted by molar-refractivity contribution is 6.31. The van der Waals surface area contributed by atoms with Gasteiger partial charge in [0.05, 0.1) is 11.3 Å². The maximum atomic E-state index is 11.8. The van der Waals surface area contributed by atoms with Gasteiger partial charge in [0.25, 0.3) is 5.91 Å². The number of nitrogens with zero attached hydrogens (tertiary/aromatic N) is 1. The molecular formula is C17H15ClN2O3. The van der Waals surface area contributed by atoms with Crippen molar-refractivity contribution in [3.8, 4) is 11.5 Å². The van der Waals surface area contributed by atoms with Gasteiger partial charge in [0.15, 0.2) is 5.58 Å². The largest absolute Gasteiger partial charge is 0.436 e. The van der Waals surface area contributed by atoms with Crippen LogP contribution in [0, 0.1) is 6.92 Å². The average Bonchev–Trinajstić information content (AvgIpc) is 2.91. The van der Waals surface area contributed by atoms with Crippen LogP contribution in [-0.4, -0.2) is 22.1 Å². The van der Waals surface area contributed by atoms with E-state index < -0.39 is 12.0 Å². The molecule has 0 aliphatic rings. The zero-order chi connectivity index (χ0) is 16.6. The van der Waals surface area contributed by atoms with Gasteiger partial charge in [0.2, 0.25) is 5.89 Å². The molecule has 1 atom stereocenters. The summed E-state index contributed by atoms with van der Waals surface area (Å²) in [5, 5.41) is 12.6. The summed E-state index contributed by atoms with van der Waals surface area (Å²) in [5.41, 5.74) is 3.42. The first-order chi connectivity index (χ1) is 10.9. The summed E-state index contributed by atoms with van der Waals surface area (Å²) in [4.78, 5) is 16.2. The SMILES string of the molecule is Cc1ccc(NC(=O)C(C)O)c(-c2nc3ccc(Cl)cc3o2)c1. The summed E-state index contributed by atoms with van der Waals surface area (Å²) in [5.74, 6) is -0.110. The molecule has 3 rings (SSSR count). The zero-order valence-corrected chi connectivity index (χ0v) is 13.4. The molecule has 0 aliphatic carbocycles. The first-order valence-electron chi connectivity index (χ1n) is 7.10. The van der Waals surface area contributed by atoms with Crippen LogP contribution in [0.3, 0.4) is 0 Å². The van der Waals surface area contributed by atoms with Crippen molar-refractivity contribution >= 4 is 34.3 Å². The fraction of sp³-hybridized carbons (Fsp3) is 0.176. The number of hydrogen-bond acceptors (Lipinski definition) is 4. The monoisotopic (exact) mass is 330 g/mol. The lowest BCUT2D eigenvalue weighted by Gasteiger charge is -2.11. The zero-order valence-electron chi connectivity index (χ0n) is 12.6. The van der Waals surface area contributed by atoms with Gasteiger partial charge in [-0.1, -0.05) is 23.2 Å². The fourth-order valence-corrected chi connectivity index (χ4v) is 2.36. The molecule has 0 fully saturated rings. The molecule has 2 N–H and O–H groups in total. The van der Waals surface area contributed by atoms with Gasteiger partial charge in [0, 0.05) is 11.1 Å². The van der Waals surface area contributed by atoms with Gasteiger partial charge in [-0.2, -0.15) is 0 Å². The fourth-order valence-electron chi connectivity index (χ4n) is 2.19. The van der Waals surface area contributed by atoms with E-state index in [1.54, 1.807) is 24.3 Å². The van der Waals surface area contributed by atoms with Crippen LogP contribution in [0.1, 0.15) is 12.5 Å². The quantitative estimate of drug-likeness (QED) is 0.766. The van der Waals surface area contributed by atoms with E-state index >= 15 is 0 Å². The van der Waals surface area contributed by atoms with Crippen LogP contribution >= 0.6 is 11.6 Å². The van der Waals surface area contributed by atoms with E-state index in [-0.39, 0.29) is 0 Å².